The van der Waals surface area contributed by atoms with Crippen molar-refractivity contribution in [2.75, 3.05) is 7.11 Å². The molecule has 0 amide bonds. The van der Waals surface area contributed by atoms with E-state index in [9.17, 15) is 9.90 Å². The number of hydrogen-bond donors (Lipinski definition) is 2. The number of aromatic amines is 1. The summed E-state index contributed by atoms with van der Waals surface area (Å²) in [4.78, 5) is 11.9. The lowest BCUT2D eigenvalue weighted by molar-refractivity contribution is 0.373. The number of nitrogens with one attached hydrogen (secondary N) is 1. The molecule has 21 heavy (non-hydrogen) atoms. The molecule has 9 heteroatoms. The first-order valence-electron chi connectivity index (χ1n) is 5.73. The number of ether oxygens (including phenoxy) is 1. The van der Waals surface area contributed by atoms with Gasteiger partial charge in [0.15, 0.2) is 11.5 Å². The van der Waals surface area contributed by atoms with Crippen LogP contribution in [-0.4, -0.2) is 33.3 Å². The van der Waals surface area contributed by atoms with Gasteiger partial charge in [-0.1, -0.05) is 15.9 Å². The van der Waals surface area contributed by atoms with E-state index in [0.29, 0.717) is 10.0 Å². The van der Waals surface area contributed by atoms with Gasteiger partial charge < -0.3 is 9.84 Å². The predicted molar refractivity (Wildman–Crippen MR) is 83.8 cm³/mol. The Morgan fingerprint density at radius 1 is 1.57 bits per heavy atom. The maximum atomic E-state index is 11.9. The smallest absolute Gasteiger partial charge is 0.296 e. The summed E-state index contributed by atoms with van der Waals surface area (Å²) in [6, 6.07) is 3.24. The normalized spacial score (nSPS) is 11.0. The third kappa shape index (κ3) is 3.19. The highest BCUT2D eigenvalue weighted by Gasteiger charge is 2.08. The summed E-state index contributed by atoms with van der Waals surface area (Å²) >= 11 is 8.25. The fourth-order valence-electron chi connectivity index (χ4n) is 1.55. The second kappa shape index (κ2) is 6.19. The molecule has 0 saturated heterocycles. The van der Waals surface area contributed by atoms with Crippen LogP contribution in [0.4, 0.5) is 0 Å². The van der Waals surface area contributed by atoms with E-state index in [1.54, 1.807) is 19.1 Å². The van der Waals surface area contributed by atoms with Gasteiger partial charge in [0.1, 0.15) is 5.69 Å². The summed E-state index contributed by atoms with van der Waals surface area (Å²) in [5.74, 6) is 0.201. The SMILES string of the molecule is COc1cc(Br)cc(/C=N\n2c(=S)[nH]nc(C)c2=O)c1O. The van der Waals surface area contributed by atoms with E-state index in [2.05, 4.69) is 31.2 Å². The number of phenols is 1. The third-order valence-electron chi connectivity index (χ3n) is 2.61. The fourth-order valence-corrected chi connectivity index (χ4v) is 2.18. The van der Waals surface area contributed by atoms with E-state index in [0.717, 1.165) is 4.68 Å². The van der Waals surface area contributed by atoms with Crippen molar-refractivity contribution >= 4 is 34.4 Å². The maximum absolute atomic E-state index is 11.9. The van der Waals surface area contributed by atoms with Gasteiger partial charge in [-0.2, -0.15) is 14.9 Å². The first-order chi connectivity index (χ1) is 9.93. The number of hydrogen-bond acceptors (Lipinski definition) is 6. The van der Waals surface area contributed by atoms with Crippen LogP contribution in [0.3, 0.4) is 0 Å². The van der Waals surface area contributed by atoms with Gasteiger partial charge in [-0.3, -0.25) is 9.89 Å². The van der Waals surface area contributed by atoms with Crippen LogP contribution in [0.2, 0.25) is 0 Å². The van der Waals surface area contributed by atoms with E-state index >= 15 is 0 Å². The van der Waals surface area contributed by atoms with Crippen LogP contribution >= 0.6 is 28.1 Å². The number of aromatic hydroxyl groups is 1. The summed E-state index contributed by atoms with van der Waals surface area (Å²) in [6.45, 7) is 1.54. The molecule has 0 atom stereocenters. The van der Waals surface area contributed by atoms with Crippen molar-refractivity contribution in [1.29, 1.82) is 0 Å². The van der Waals surface area contributed by atoms with E-state index in [-0.39, 0.29) is 22.0 Å². The second-order valence-electron chi connectivity index (χ2n) is 4.02. The maximum Gasteiger partial charge on any atom is 0.296 e. The second-order valence-corrected chi connectivity index (χ2v) is 5.32. The monoisotopic (exact) mass is 370 g/mol. The highest BCUT2D eigenvalue weighted by molar-refractivity contribution is 9.10. The first kappa shape index (κ1) is 15.4. The Bertz CT molecular complexity index is 828. The molecule has 0 aliphatic rings. The van der Waals surface area contributed by atoms with Crippen molar-refractivity contribution < 1.29 is 9.84 Å². The minimum atomic E-state index is -0.434. The average Bonchev–Trinajstić information content (AvgIpc) is 2.46. The number of aryl methyl sites for hydroxylation is 1. The van der Waals surface area contributed by atoms with Crippen LogP contribution in [0.5, 0.6) is 11.5 Å². The van der Waals surface area contributed by atoms with E-state index < -0.39 is 5.56 Å². The van der Waals surface area contributed by atoms with E-state index in [1.165, 1.54) is 13.3 Å². The lowest BCUT2D eigenvalue weighted by Gasteiger charge is -2.06. The van der Waals surface area contributed by atoms with Crippen molar-refractivity contribution in [3.05, 3.63) is 43.0 Å². The lowest BCUT2D eigenvalue weighted by atomic mass is 10.2. The molecule has 0 bridgehead atoms. The Hall–Kier alpha value is -2.00. The lowest BCUT2D eigenvalue weighted by Crippen LogP contribution is -2.22. The highest BCUT2D eigenvalue weighted by atomic mass is 79.9. The Morgan fingerprint density at radius 3 is 2.95 bits per heavy atom. The summed E-state index contributed by atoms with van der Waals surface area (Å²) in [7, 11) is 1.44. The molecule has 1 heterocycles. The zero-order valence-corrected chi connectivity index (χ0v) is 13.5. The molecule has 1 aromatic heterocycles. The molecule has 0 aliphatic heterocycles. The van der Waals surface area contributed by atoms with Gasteiger partial charge in [0.25, 0.3) is 5.56 Å². The quantitative estimate of drug-likeness (QED) is 0.636. The molecular formula is C12H11BrN4O3S. The van der Waals surface area contributed by atoms with Crippen molar-refractivity contribution in [2.24, 2.45) is 5.10 Å². The first-order valence-corrected chi connectivity index (χ1v) is 6.93. The summed E-state index contributed by atoms with van der Waals surface area (Å²) in [6.07, 6.45) is 1.31. The van der Waals surface area contributed by atoms with E-state index in [4.69, 9.17) is 17.0 Å². The minimum Gasteiger partial charge on any atom is -0.504 e. The van der Waals surface area contributed by atoms with Crippen LogP contribution in [0.15, 0.2) is 26.5 Å². The largest absolute Gasteiger partial charge is 0.504 e. The number of nitrogens with zero attached hydrogens (tertiary/aromatic N) is 3. The Balaban J connectivity index is 2.53. The third-order valence-corrected chi connectivity index (χ3v) is 3.34. The molecule has 0 unspecified atom stereocenters. The van der Waals surface area contributed by atoms with Gasteiger partial charge in [-0.15, -0.1) is 0 Å². The van der Waals surface area contributed by atoms with Gasteiger partial charge >= 0.3 is 0 Å². The predicted octanol–water partition coefficient (Wildman–Crippen LogP) is 1.97. The number of halogens is 1. The molecule has 0 fully saturated rings. The minimum absolute atomic E-state index is 0.0586. The van der Waals surface area contributed by atoms with Gasteiger partial charge in [0, 0.05) is 10.0 Å². The molecule has 1 aromatic carbocycles. The summed E-state index contributed by atoms with van der Waals surface area (Å²) < 4.78 is 6.78. The van der Waals surface area contributed by atoms with Crippen molar-refractivity contribution in [3.8, 4) is 11.5 Å². The number of methoxy groups -OCH3 is 1. The van der Waals surface area contributed by atoms with Crippen LogP contribution < -0.4 is 10.3 Å². The Kier molecular flexibility index (Phi) is 4.53. The summed E-state index contributed by atoms with van der Waals surface area (Å²) in [5.41, 5.74) is 0.172. The van der Waals surface area contributed by atoms with Gasteiger partial charge in [-0.05, 0) is 31.3 Å². The zero-order valence-electron chi connectivity index (χ0n) is 11.1. The van der Waals surface area contributed by atoms with Crippen molar-refractivity contribution in [2.45, 2.75) is 6.92 Å². The molecular weight excluding hydrogens is 360 g/mol. The molecule has 0 spiro atoms. The van der Waals surface area contributed by atoms with Crippen LogP contribution in [0.25, 0.3) is 0 Å². The van der Waals surface area contributed by atoms with Gasteiger partial charge in [-0.25, -0.2) is 0 Å². The number of phenolic OH excluding ortho intramolecular Hbond substituents is 1. The molecule has 0 radical (unpaired) electrons. The highest BCUT2D eigenvalue weighted by Crippen LogP contribution is 2.32. The molecule has 7 nitrogen and oxygen atoms in total. The Labute approximate surface area is 133 Å². The molecule has 0 saturated carbocycles. The number of H-pyrrole nitrogens is 1. The zero-order chi connectivity index (χ0) is 15.6. The fraction of sp³-hybridized carbons (Fsp3) is 0.167. The number of aromatic nitrogens is 3. The van der Waals surface area contributed by atoms with Gasteiger partial charge in [0.05, 0.1) is 13.3 Å². The van der Waals surface area contributed by atoms with Crippen LogP contribution in [0.1, 0.15) is 11.3 Å². The standard InChI is InChI=1S/C12H11BrN4O3S/c1-6-11(19)17(12(21)16-15-6)14-5-7-3-8(13)4-9(20-2)10(7)18/h3-5,18H,1-2H3,(H,16,21)/b14-5-. The average molecular weight is 371 g/mol. The molecule has 0 aliphatic carbocycles. The number of benzene rings is 1. The molecule has 2 N–H and O–H groups in total. The van der Waals surface area contributed by atoms with Crippen LogP contribution in [0, 0.1) is 11.7 Å². The molecule has 2 aromatic rings. The van der Waals surface area contributed by atoms with Crippen molar-refractivity contribution in [3.63, 3.8) is 0 Å². The van der Waals surface area contributed by atoms with Crippen LogP contribution in [-0.2, 0) is 0 Å². The van der Waals surface area contributed by atoms with Gasteiger partial charge in [0.2, 0.25) is 4.77 Å². The Morgan fingerprint density at radius 2 is 2.29 bits per heavy atom. The summed E-state index contributed by atoms with van der Waals surface area (Å²) in [5, 5.41) is 20.2. The molecule has 110 valence electrons. The molecule has 2 rings (SSSR count). The number of rotatable bonds is 3. The van der Waals surface area contributed by atoms with Crippen molar-refractivity contribution in [1.82, 2.24) is 14.9 Å². The topological polar surface area (TPSA) is 92.5 Å². The van der Waals surface area contributed by atoms with E-state index in [1.807, 2.05) is 0 Å².